The number of benzene rings is 2. The minimum Gasteiger partial charge on any atom is -0.379 e. The van der Waals surface area contributed by atoms with Crippen LogP contribution in [-0.2, 0) is 17.8 Å². The van der Waals surface area contributed by atoms with Gasteiger partial charge in [0.15, 0.2) is 0 Å². The number of hydrogen-bond donors (Lipinski definition) is 0. The monoisotopic (exact) mass is 401 g/mol. The van der Waals surface area contributed by atoms with Crippen LogP contribution in [0, 0.1) is 0 Å². The summed E-state index contributed by atoms with van der Waals surface area (Å²) in [6, 6.07) is 17.3. The van der Waals surface area contributed by atoms with Crippen molar-refractivity contribution >= 4 is 0 Å². The second kappa shape index (κ2) is 9.76. The zero-order chi connectivity index (χ0) is 20.1. The Balaban J connectivity index is 1.39. The summed E-state index contributed by atoms with van der Waals surface area (Å²) in [4.78, 5) is 6.49. The lowest BCUT2D eigenvalue weighted by atomic mass is 9.98. The summed E-state index contributed by atoms with van der Waals surface area (Å²) in [5.41, 5.74) is 5.05. The normalized spacial score (nSPS) is 19.3. The molecule has 2 aliphatic heterocycles. The van der Waals surface area contributed by atoms with Gasteiger partial charge >= 0.3 is 0 Å². The molecule has 0 bridgehead atoms. The van der Waals surface area contributed by atoms with E-state index in [4.69, 9.17) is 4.74 Å². The first-order valence-electron chi connectivity index (χ1n) is 10.4. The summed E-state index contributed by atoms with van der Waals surface area (Å²) in [7, 11) is 0. The van der Waals surface area contributed by atoms with E-state index in [2.05, 4.69) is 58.3 Å². The molecule has 29 heavy (non-hydrogen) atoms. The summed E-state index contributed by atoms with van der Waals surface area (Å²) in [6.07, 6.45) is -2.26. The van der Waals surface area contributed by atoms with E-state index in [0.717, 1.165) is 52.5 Å². The second-order valence-electron chi connectivity index (χ2n) is 7.90. The van der Waals surface area contributed by atoms with E-state index in [9.17, 15) is 8.78 Å². The van der Waals surface area contributed by atoms with Crippen LogP contribution in [-0.4, -0.2) is 73.7 Å². The SMILES string of the molecule is FC(F)CN1CCN(Cc2ccc(-c3ccccc3CN3CCOCC3)cc2)C1. The molecule has 0 amide bonds. The minimum atomic E-state index is -2.26. The van der Waals surface area contributed by atoms with Crippen molar-refractivity contribution in [2.24, 2.45) is 0 Å². The number of alkyl halides is 2. The van der Waals surface area contributed by atoms with Crippen molar-refractivity contribution in [1.82, 2.24) is 14.7 Å². The average Bonchev–Trinajstić information content (AvgIpc) is 3.16. The Labute approximate surface area is 171 Å². The maximum Gasteiger partial charge on any atom is 0.251 e. The lowest BCUT2D eigenvalue weighted by Crippen LogP contribution is -2.35. The van der Waals surface area contributed by atoms with Gasteiger partial charge in [0.1, 0.15) is 0 Å². The largest absolute Gasteiger partial charge is 0.379 e. The molecule has 4 nitrogen and oxygen atoms in total. The molecule has 0 aromatic heterocycles. The van der Waals surface area contributed by atoms with Gasteiger partial charge in [-0.2, -0.15) is 0 Å². The van der Waals surface area contributed by atoms with Gasteiger partial charge < -0.3 is 4.74 Å². The first-order chi connectivity index (χ1) is 14.2. The van der Waals surface area contributed by atoms with Gasteiger partial charge in [-0.25, -0.2) is 8.78 Å². The highest BCUT2D eigenvalue weighted by molar-refractivity contribution is 5.67. The van der Waals surface area contributed by atoms with E-state index in [-0.39, 0.29) is 6.54 Å². The Bertz CT molecular complexity index is 778. The summed E-state index contributed by atoms with van der Waals surface area (Å²) in [6.45, 7) is 7.37. The number of ether oxygens (including phenoxy) is 1. The molecule has 6 heteroatoms. The van der Waals surface area contributed by atoms with Crippen LogP contribution in [0.3, 0.4) is 0 Å². The van der Waals surface area contributed by atoms with Crippen LogP contribution < -0.4 is 0 Å². The van der Waals surface area contributed by atoms with E-state index in [1.165, 1.54) is 22.3 Å². The molecule has 2 aliphatic rings. The van der Waals surface area contributed by atoms with Crippen molar-refractivity contribution in [1.29, 1.82) is 0 Å². The smallest absolute Gasteiger partial charge is 0.251 e. The Morgan fingerprint density at radius 3 is 2.28 bits per heavy atom. The molecule has 2 fully saturated rings. The fourth-order valence-electron chi connectivity index (χ4n) is 4.17. The Morgan fingerprint density at radius 2 is 1.52 bits per heavy atom. The van der Waals surface area contributed by atoms with Gasteiger partial charge in [0.2, 0.25) is 0 Å². The summed E-state index contributed by atoms with van der Waals surface area (Å²) >= 11 is 0. The molecule has 0 radical (unpaired) electrons. The molecule has 0 unspecified atom stereocenters. The van der Waals surface area contributed by atoms with Gasteiger partial charge in [-0.05, 0) is 22.3 Å². The molecular formula is C23H29F2N3O. The Hall–Kier alpha value is -1.86. The maximum absolute atomic E-state index is 12.6. The predicted octanol–water partition coefficient (Wildman–Crippen LogP) is 3.53. The van der Waals surface area contributed by atoms with E-state index >= 15 is 0 Å². The van der Waals surface area contributed by atoms with Crippen molar-refractivity contribution < 1.29 is 13.5 Å². The van der Waals surface area contributed by atoms with Crippen molar-refractivity contribution in [2.45, 2.75) is 19.5 Å². The first-order valence-corrected chi connectivity index (χ1v) is 10.4. The lowest BCUT2D eigenvalue weighted by molar-refractivity contribution is 0.0342. The van der Waals surface area contributed by atoms with Crippen LogP contribution in [0.2, 0.25) is 0 Å². The molecule has 2 aromatic carbocycles. The third-order valence-electron chi connectivity index (χ3n) is 5.71. The number of hydrogen-bond acceptors (Lipinski definition) is 4. The fraction of sp³-hybridized carbons (Fsp3) is 0.478. The highest BCUT2D eigenvalue weighted by Gasteiger charge is 2.22. The molecule has 0 spiro atoms. The van der Waals surface area contributed by atoms with Crippen LogP contribution in [0.15, 0.2) is 48.5 Å². The number of rotatable bonds is 7. The van der Waals surface area contributed by atoms with Gasteiger partial charge in [-0.15, -0.1) is 0 Å². The van der Waals surface area contributed by atoms with E-state index in [0.29, 0.717) is 6.67 Å². The molecule has 156 valence electrons. The predicted molar refractivity (Wildman–Crippen MR) is 111 cm³/mol. The van der Waals surface area contributed by atoms with E-state index in [1.54, 1.807) is 0 Å². The van der Waals surface area contributed by atoms with E-state index < -0.39 is 6.43 Å². The summed E-state index contributed by atoms with van der Waals surface area (Å²) in [5, 5.41) is 0. The van der Waals surface area contributed by atoms with Crippen LogP contribution in [0.5, 0.6) is 0 Å². The second-order valence-corrected chi connectivity index (χ2v) is 7.90. The molecule has 4 rings (SSSR count). The molecule has 0 aliphatic carbocycles. The van der Waals surface area contributed by atoms with Crippen molar-refractivity contribution in [3.05, 3.63) is 59.7 Å². The summed E-state index contributed by atoms with van der Waals surface area (Å²) < 4.78 is 30.6. The van der Waals surface area contributed by atoms with Gasteiger partial charge in [0.25, 0.3) is 6.43 Å². The molecule has 0 saturated carbocycles. The standard InChI is InChI=1S/C23H29F2N3O/c24-23(25)17-28-10-9-27(18-28)15-19-5-7-20(8-6-19)22-4-2-1-3-21(22)16-26-11-13-29-14-12-26/h1-8,23H,9-18H2. The van der Waals surface area contributed by atoms with Crippen LogP contribution in [0.1, 0.15) is 11.1 Å². The Kier molecular flexibility index (Phi) is 6.87. The average molecular weight is 402 g/mol. The third-order valence-corrected chi connectivity index (χ3v) is 5.71. The quantitative estimate of drug-likeness (QED) is 0.707. The van der Waals surface area contributed by atoms with Crippen LogP contribution in [0.4, 0.5) is 8.78 Å². The lowest BCUT2D eigenvalue weighted by Gasteiger charge is -2.27. The van der Waals surface area contributed by atoms with E-state index in [1.807, 2.05) is 4.90 Å². The van der Waals surface area contributed by atoms with Crippen LogP contribution in [0.25, 0.3) is 11.1 Å². The van der Waals surface area contributed by atoms with Gasteiger partial charge in [0, 0.05) is 39.3 Å². The third kappa shape index (κ3) is 5.60. The molecule has 0 N–H and O–H groups in total. The van der Waals surface area contributed by atoms with Crippen molar-refractivity contribution in [2.75, 3.05) is 52.6 Å². The minimum absolute atomic E-state index is 0.130. The molecule has 0 atom stereocenters. The fourth-order valence-corrected chi connectivity index (χ4v) is 4.17. The number of morpholine rings is 1. The topological polar surface area (TPSA) is 19.0 Å². The van der Waals surface area contributed by atoms with Gasteiger partial charge in [0.05, 0.1) is 26.4 Å². The molecule has 2 heterocycles. The molecule has 2 aromatic rings. The van der Waals surface area contributed by atoms with Gasteiger partial charge in [-0.3, -0.25) is 14.7 Å². The van der Waals surface area contributed by atoms with Crippen molar-refractivity contribution in [3.63, 3.8) is 0 Å². The zero-order valence-electron chi connectivity index (χ0n) is 16.8. The molecular weight excluding hydrogens is 372 g/mol. The maximum atomic E-state index is 12.6. The van der Waals surface area contributed by atoms with Gasteiger partial charge in [-0.1, -0.05) is 48.5 Å². The summed E-state index contributed by atoms with van der Waals surface area (Å²) in [5.74, 6) is 0. The first kappa shape index (κ1) is 20.4. The van der Waals surface area contributed by atoms with Crippen molar-refractivity contribution in [3.8, 4) is 11.1 Å². The number of halogens is 2. The zero-order valence-corrected chi connectivity index (χ0v) is 16.8. The number of nitrogens with zero attached hydrogens (tertiary/aromatic N) is 3. The molecule has 2 saturated heterocycles. The Morgan fingerprint density at radius 1 is 0.793 bits per heavy atom. The van der Waals surface area contributed by atoms with Crippen LogP contribution >= 0.6 is 0 Å². The highest BCUT2D eigenvalue weighted by atomic mass is 19.3. The highest BCUT2D eigenvalue weighted by Crippen LogP contribution is 2.26.